The summed E-state index contributed by atoms with van der Waals surface area (Å²) in [5.41, 5.74) is 0.673. The molecule has 7 heteroatoms. The summed E-state index contributed by atoms with van der Waals surface area (Å²) in [4.78, 5) is 35.4. The highest BCUT2D eigenvalue weighted by molar-refractivity contribution is 6.42. The van der Waals surface area contributed by atoms with Gasteiger partial charge in [-0.05, 0) is 24.6 Å². The van der Waals surface area contributed by atoms with Crippen molar-refractivity contribution < 1.29 is 23.9 Å². The van der Waals surface area contributed by atoms with Crippen LogP contribution in [0.2, 0.25) is 0 Å². The summed E-state index contributed by atoms with van der Waals surface area (Å²) in [6.07, 6.45) is 12.2. The second kappa shape index (κ2) is 15.7. The zero-order chi connectivity index (χ0) is 22.2. The molecular weight excluding hydrogens is 406 g/mol. The van der Waals surface area contributed by atoms with Crippen LogP contribution in [0.15, 0.2) is 24.3 Å². The van der Waals surface area contributed by atoms with Gasteiger partial charge in [0.1, 0.15) is 0 Å². The van der Waals surface area contributed by atoms with E-state index in [2.05, 4.69) is 17.0 Å². The SMILES string of the molecule is CCCCCCCCCCCCOC(=O)c1cccc(NC(=O)C(Cl)C(=O)OC)c1. The van der Waals surface area contributed by atoms with Gasteiger partial charge in [-0.2, -0.15) is 0 Å². The second-order valence-electron chi connectivity index (χ2n) is 7.27. The molecule has 1 rings (SSSR count). The third kappa shape index (κ3) is 10.6. The quantitative estimate of drug-likeness (QED) is 0.169. The average Bonchev–Trinajstić information content (AvgIpc) is 2.76. The normalized spacial score (nSPS) is 11.6. The molecule has 1 aromatic rings. The van der Waals surface area contributed by atoms with E-state index in [9.17, 15) is 14.4 Å². The van der Waals surface area contributed by atoms with E-state index in [0.29, 0.717) is 17.9 Å². The Morgan fingerprint density at radius 3 is 2.17 bits per heavy atom. The molecule has 0 aliphatic heterocycles. The molecule has 0 aromatic heterocycles. The molecule has 0 bridgehead atoms. The fourth-order valence-corrected chi connectivity index (χ4v) is 3.12. The Kier molecular flexibility index (Phi) is 13.6. The predicted octanol–water partition coefficient (Wildman–Crippen LogP) is 5.48. The van der Waals surface area contributed by atoms with Crippen LogP contribution in [-0.2, 0) is 19.1 Å². The van der Waals surface area contributed by atoms with Crippen molar-refractivity contribution in [3.05, 3.63) is 29.8 Å². The molecule has 1 atom stereocenters. The number of alkyl halides is 1. The van der Waals surface area contributed by atoms with E-state index >= 15 is 0 Å². The first-order valence-corrected chi connectivity index (χ1v) is 11.2. The Labute approximate surface area is 184 Å². The van der Waals surface area contributed by atoms with Crippen molar-refractivity contribution in [1.82, 2.24) is 0 Å². The average molecular weight is 440 g/mol. The van der Waals surface area contributed by atoms with E-state index in [1.165, 1.54) is 51.0 Å². The zero-order valence-corrected chi connectivity index (χ0v) is 18.8. The first-order chi connectivity index (χ1) is 14.5. The van der Waals surface area contributed by atoms with E-state index in [4.69, 9.17) is 16.3 Å². The maximum Gasteiger partial charge on any atom is 0.338 e. The monoisotopic (exact) mass is 439 g/mol. The lowest BCUT2D eigenvalue weighted by Gasteiger charge is -2.10. The van der Waals surface area contributed by atoms with E-state index in [0.717, 1.165) is 26.4 Å². The van der Waals surface area contributed by atoms with Crippen LogP contribution in [0.4, 0.5) is 5.69 Å². The number of ether oxygens (including phenoxy) is 2. The summed E-state index contributed by atoms with van der Waals surface area (Å²) in [6, 6.07) is 6.31. The van der Waals surface area contributed by atoms with E-state index in [1.807, 2.05) is 0 Å². The van der Waals surface area contributed by atoms with E-state index in [1.54, 1.807) is 18.2 Å². The Balaban J connectivity index is 2.26. The number of hydrogen-bond donors (Lipinski definition) is 1. The molecule has 6 nitrogen and oxygen atoms in total. The minimum absolute atomic E-state index is 0.323. The van der Waals surface area contributed by atoms with Crippen molar-refractivity contribution in [3.63, 3.8) is 0 Å². The molecule has 0 saturated heterocycles. The molecule has 0 saturated carbocycles. The Bertz CT molecular complexity index is 665. The van der Waals surface area contributed by atoms with Crippen molar-refractivity contribution >= 4 is 35.1 Å². The van der Waals surface area contributed by atoms with Gasteiger partial charge >= 0.3 is 11.9 Å². The van der Waals surface area contributed by atoms with Crippen LogP contribution in [0, 0.1) is 0 Å². The minimum atomic E-state index is -1.46. The van der Waals surface area contributed by atoms with Crippen LogP contribution in [0.3, 0.4) is 0 Å². The number of carbonyl (C=O) groups excluding carboxylic acids is 3. The van der Waals surface area contributed by atoms with Gasteiger partial charge in [-0.1, -0.05) is 82.4 Å². The number of carbonyl (C=O) groups is 3. The molecule has 0 fully saturated rings. The molecule has 30 heavy (non-hydrogen) atoms. The van der Waals surface area contributed by atoms with Crippen LogP contribution in [-0.4, -0.2) is 36.9 Å². The standard InChI is InChI=1S/C23H34ClNO5/c1-3-4-5-6-7-8-9-10-11-12-16-30-22(27)18-14-13-15-19(17-18)25-21(26)20(24)23(28)29-2/h13-15,17,20H,3-12,16H2,1-2H3,(H,25,26). The lowest BCUT2D eigenvalue weighted by Crippen LogP contribution is -2.31. The van der Waals surface area contributed by atoms with Gasteiger partial charge in [0.15, 0.2) is 0 Å². The molecule has 0 aliphatic rings. The fourth-order valence-electron chi connectivity index (χ4n) is 2.98. The maximum atomic E-state index is 12.2. The first kappa shape index (κ1) is 26.0. The molecule has 1 aromatic carbocycles. The molecule has 0 spiro atoms. The maximum absolute atomic E-state index is 12.2. The van der Waals surface area contributed by atoms with Gasteiger partial charge in [0, 0.05) is 5.69 Å². The van der Waals surface area contributed by atoms with Crippen LogP contribution in [0.25, 0.3) is 0 Å². The summed E-state index contributed by atoms with van der Waals surface area (Å²) >= 11 is 5.71. The number of anilines is 1. The van der Waals surface area contributed by atoms with Gasteiger partial charge in [-0.15, -0.1) is 0 Å². The van der Waals surface area contributed by atoms with Crippen molar-refractivity contribution in [3.8, 4) is 0 Å². The van der Waals surface area contributed by atoms with Crippen LogP contribution in [0.1, 0.15) is 81.5 Å². The summed E-state index contributed by atoms with van der Waals surface area (Å²) < 4.78 is 9.74. The first-order valence-electron chi connectivity index (χ1n) is 10.8. The summed E-state index contributed by atoms with van der Waals surface area (Å²) in [5.74, 6) is -2.02. The number of unbranched alkanes of at least 4 members (excludes halogenated alkanes) is 9. The zero-order valence-electron chi connectivity index (χ0n) is 18.1. The molecule has 1 amide bonds. The highest BCUT2D eigenvalue weighted by atomic mass is 35.5. The van der Waals surface area contributed by atoms with Gasteiger partial charge in [0.05, 0.1) is 19.3 Å². The molecule has 0 aliphatic carbocycles. The topological polar surface area (TPSA) is 81.7 Å². The minimum Gasteiger partial charge on any atom is -0.468 e. The number of benzene rings is 1. The fraction of sp³-hybridized carbons (Fsp3) is 0.609. The third-order valence-corrected chi connectivity index (χ3v) is 5.11. The number of nitrogens with one attached hydrogen (secondary N) is 1. The summed E-state index contributed by atoms with van der Waals surface area (Å²) in [7, 11) is 1.15. The lowest BCUT2D eigenvalue weighted by molar-refractivity contribution is -0.142. The Morgan fingerprint density at radius 1 is 0.967 bits per heavy atom. The van der Waals surface area contributed by atoms with Gasteiger partial charge in [-0.25, -0.2) is 9.59 Å². The Morgan fingerprint density at radius 2 is 1.57 bits per heavy atom. The van der Waals surface area contributed by atoms with Crippen LogP contribution < -0.4 is 5.32 Å². The number of hydrogen-bond acceptors (Lipinski definition) is 5. The highest BCUT2D eigenvalue weighted by Gasteiger charge is 2.25. The van der Waals surface area contributed by atoms with Crippen molar-refractivity contribution in [2.75, 3.05) is 19.0 Å². The molecule has 168 valence electrons. The molecule has 1 N–H and O–H groups in total. The van der Waals surface area contributed by atoms with E-state index < -0.39 is 23.2 Å². The van der Waals surface area contributed by atoms with Gasteiger partial charge in [0.25, 0.3) is 5.91 Å². The molecule has 0 heterocycles. The van der Waals surface area contributed by atoms with Crippen LogP contribution in [0.5, 0.6) is 0 Å². The van der Waals surface area contributed by atoms with Crippen molar-refractivity contribution in [2.24, 2.45) is 0 Å². The van der Waals surface area contributed by atoms with E-state index in [-0.39, 0.29) is 0 Å². The number of halogens is 1. The molecule has 1 unspecified atom stereocenters. The van der Waals surface area contributed by atoms with Gasteiger partial charge in [-0.3, -0.25) is 4.79 Å². The van der Waals surface area contributed by atoms with Gasteiger partial charge in [0.2, 0.25) is 5.38 Å². The smallest absolute Gasteiger partial charge is 0.338 e. The molecule has 0 radical (unpaired) electrons. The summed E-state index contributed by atoms with van der Waals surface area (Å²) in [5, 5.41) is 1.03. The van der Waals surface area contributed by atoms with Crippen molar-refractivity contribution in [1.29, 1.82) is 0 Å². The lowest BCUT2D eigenvalue weighted by atomic mass is 10.1. The second-order valence-corrected chi connectivity index (χ2v) is 7.71. The largest absolute Gasteiger partial charge is 0.468 e. The predicted molar refractivity (Wildman–Crippen MR) is 119 cm³/mol. The summed E-state index contributed by atoms with van der Waals surface area (Å²) in [6.45, 7) is 2.60. The molecular formula is C23H34ClNO5. The van der Waals surface area contributed by atoms with Gasteiger partial charge < -0.3 is 14.8 Å². The Hall–Kier alpha value is -2.08. The number of rotatable bonds is 15. The number of amides is 1. The van der Waals surface area contributed by atoms with Crippen molar-refractivity contribution in [2.45, 2.75) is 76.5 Å². The highest BCUT2D eigenvalue weighted by Crippen LogP contribution is 2.14. The number of esters is 2. The third-order valence-electron chi connectivity index (χ3n) is 4.74. The van der Waals surface area contributed by atoms with Crippen LogP contribution >= 0.6 is 11.6 Å². The number of methoxy groups -OCH3 is 1.